The fraction of sp³-hybridized carbons (Fsp3) is 0.739. The Hall–Kier alpha value is -1.02. The lowest BCUT2D eigenvalue weighted by Gasteiger charge is -2.61. The maximum atomic E-state index is 6.58. The van der Waals surface area contributed by atoms with Crippen LogP contribution in [-0.4, -0.2) is 12.9 Å². The Balaban J connectivity index is 1.57. The average molecular weight is 343 g/mol. The van der Waals surface area contributed by atoms with Gasteiger partial charge in [-0.25, -0.2) is 0 Å². The van der Waals surface area contributed by atoms with E-state index in [4.69, 9.17) is 9.47 Å². The second kappa shape index (κ2) is 6.30. The number of benzene rings is 1. The normalized spacial score (nSPS) is 36.9. The lowest BCUT2D eigenvalue weighted by molar-refractivity contribution is -0.273. The van der Waals surface area contributed by atoms with E-state index in [9.17, 15) is 0 Å². The van der Waals surface area contributed by atoms with Crippen LogP contribution < -0.4 is 4.74 Å². The van der Waals surface area contributed by atoms with Crippen LogP contribution in [0.5, 0.6) is 5.75 Å². The Labute approximate surface area is 153 Å². The van der Waals surface area contributed by atoms with Gasteiger partial charge in [-0.2, -0.15) is 0 Å². The molecule has 0 N–H and O–H groups in total. The number of methoxy groups -OCH3 is 1. The van der Waals surface area contributed by atoms with Gasteiger partial charge in [0.15, 0.2) is 0 Å². The van der Waals surface area contributed by atoms with E-state index in [0.29, 0.717) is 5.92 Å². The number of hydrogen-bond acceptors (Lipinski definition) is 2. The minimum Gasteiger partial charge on any atom is -0.462 e. The fourth-order valence-corrected chi connectivity index (χ4v) is 6.36. The molecular formula is C23H34O2. The van der Waals surface area contributed by atoms with E-state index in [0.717, 1.165) is 23.5 Å². The number of ether oxygens (including phenoxy) is 2. The molecule has 4 saturated carbocycles. The fourth-order valence-electron chi connectivity index (χ4n) is 6.36. The lowest BCUT2D eigenvalue weighted by atomic mass is 9.47. The van der Waals surface area contributed by atoms with Gasteiger partial charge in [0, 0.05) is 19.4 Å². The van der Waals surface area contributed by atoms with Gasteiger partial charge in [-0.1, -0.05) is 26.0 Å². The number of hydrogen-bond donors (Lipinski definition) is 0. The maximum absolute atomic E-state index is 6.58. The molecule has 0 spiro atoms. The molecule has 0 heterocycles. The van der Waals surface area contributed by atoms with Gasteiger partial charge >= 0.3 is 0 Å². The van der Waals surface area contributed by atoms with Gasteiger partial charge in [-0.3, -0.25) is 0 Å². The molecule has 138 valence electrons. The van der Waals surface area contributed by atoms with Gasteiger partial charge < -0.3 is 9.47 Å². The summed E-state index contributed by atoms with van der Waals surface area (Å²) in [4.78, 5) is 0. The van der Waals surface area contributed by atoms with Gasteiger partial charge in [0.05, 0.1) is 0 Å². The quantitative estimate of drug-likeness (QED) is 0.577. The first-order valence-electron chi connectivity index (χ1n) is 10.3. The Morgan fingerprint density at radius 1 is 1.04 bits per heavy atom. The highest BCUT2D eigenvalue weighted by molar-refractivity contribution is 5.30. The molecule has 0 radical (unpaired) electrons. The van der Waals surface area contributed by atoms with E-state index in [1.165, 1.54) is 50.5 Å². The molecule has 2 heteroatoms. The first kappa shape index (κ1) is 17.4. The molecule has 4 aliphatic rings. The van der Waals surface area contributed by atoms with Crippen molar-refractivity contribution in [3.05, 3.63) is 29.8 Å². The molecule has 2 atom stereocenters. The van der Waals surface area contributed by atoms with Crippen molar-refractivity contribution in [3.63, 3.8) is 0 Å². The second-order valence-corrected chi connectivity index (χ2v) is 9.33. The number of rotatable bonds is 6. The Bertz CT molecular complexity index is 570. The highest BCUT2D eigenvalue weighted by Gasteiger charge is 2.60. The van der Waals surface area contributed by atoms with Crippen LogP contribution in [0.25, 0.3) is 0 Å². The summed E-state index contributed by atoms with van der Waals surface area (Å²) in [7, 11) is 1.84. The van der Waals surface area contributed by atoms with Crippen molar-refractivity contribution in [1.82, 2.24) is 0 Å². The van der Waals surface area contributed by atoms with Gasteiger partial charge in [-0.15, -0.1) is 0 Å². The molecule has 1 aromatic rings. The summed E-state index contributed by atoms with van der Waals surface area (Å²) >= 11 is 0. The molecule has 2 nitrogen and oxygen atoms in total. The molecule has 0 aliphatic heterocycles. The molecule has 1 aromatic carbocycles. The Morgan fingerprint density at radius 2 is 1.56 bits per heavy atom. The predicted molar refractivity (Wildman–Crippen MR) is 102 cm³/mol. The van der Waals surface area contributed by atoms with Crippen LogP contribution in [0.2, 0.25) is 0 Å². The summed E-state index contributed by atoms with van der Waals surface area (Å²) in [5.74, 6) is 3.74. The molecular weight excluding hydrogens is 308 g/mol. The van der Waals surface area contributed by atoms with E-state index in [1.807, 2.05) is 7.11 Å². The van der Waals surface area contributed by atoms with Gasteiger partial charge in [-0.05, 0) is 86.3 Å². The third-order valence-electron chi connectivity index (χ3n) is 7.77. The van der Waals surface area contributed by atoms with E-state index in [-0.39, 0.29) is 5.41 Å². The second-order valence-electron chi connectivity index (χ2n) is 9.33. The summed E-state index contributed by atoms with van der Waals surface area (Å²) in [5, 5.41) is 0. The van der Waals surface area contributed by atoms with Crippen LogP contribution in [0, 0.1) is 23.2 Å². The maximum Gasteiger partial charge on any atom is 0.213 e. The molecule has 4 bridgehead atoms. The Kier molecular flexibility index (Phi) is 4.38. The smallest absolute Gasteiger partial charge is 0.213 e. The average Bonchev–Trinajstić information content (AvgIpc) is 2.60. The zero-order chi connectivity index (χ0) is 17.7. The van der Waals surface area contributed by atoms with Crippen LogP contribution in [-0.2, 0) is 4.74 Å². The van der Waals surface area contributed by atoms with Crippen LogP contribution in [0.1, 0.15) is 77.2 Å². The molecule has 0 amide bonds. The van der Waals surface area contributed by atoms with Crippen LogP contribution in [0.4, 0.5) is 0 Å². The molecule has 0 saturated heterocycles. The van der Waals surface area contributed by atoms with E-state index in [2.05, 4.69) is 45.0 Å². The predicted octanol–water partition coefficient (Wildman–Crippen LogP) is 6.16. The molecule has 2 unspecified atom stereocenters. The van der Waals surface area contributed by atoms with E-state index in [1.54, 1.807) is 0 Å². The van der Waals surface area contributed by atoms with Crippen molar-refractivity contribution in [2.45, 2.75) is 77.4 Å². The third-order valence-corrected chi connectivity index (χ3v) is 7.77. The van der Waals surface area contributed by atoms with Crippen molar-refractivity contribution >= 4 is 0 Å². The largest absolute Gasteiger partial charge is 0.462 e. The summed E-state index contributed by atoms with van der Waals surface area (Å²) in [6.07, 6.45) is 9.37. The monoisotopic (exact) mass is 342 g/mol. The van der Waals surface area contributed by atoms with E-state index < -0.39 is 5.79 Å². The highest BCUT2D eigenvalue weighted by Crippen LogP contribution is 2.64. The summed E-state index contributed by atoms with van der Waals surface area (Å²) < 4.78 is 12.7. The lowest BCUT2D eigenvalue weighted by Crippen LogP contribution is -2.60. The third kappa shape index (κ3) is 2.91. The first-order valence-corrected chi connectivity index (χ1v) is 10.3. The van der Waals surface area contributed by atoms with Crippen molar-refractivity contribution in [3.8, 4) is 5.75 Å². The highest BCUT2D eigenvalue weighted by atomic mass is 16.7. The molecule has 0 aromatic heterocycles. The first-order chi connectivity index (χ1) is 12.0. The van der Waals surface area contributed by atoms with Crippen molar-refractivity contribution in [2.24, 2.45) is 23.2 Å². The van der Waals surface area contributed by atoms with Crippen molar-refractivity contribution in [2.75, 3.05) is 7.11 Å². The summed E-state index contributed by atoms with van der Waals surface area (Å²) in [6, 6.07) is 8.72. The van der Waals surface area contributed by atoms with Crippen molar-refractivity contribution < 1.29 is 9.47 Å². The van der Waals surface area contributed by atoms with Gasteiger partial charge in [0.25, 0.3) is 0 Å². The Morgan fingerprint density at radius 3 is 2.00 bits per heavy atom. The molecule has 25 heavy (non-hydrogen) atoms. The van der Waals surface area contributed by atoms with E-state index >= 15 is 0 Å². The molecule has 4 fully saturated rings. The minimum atomic E-state index is -0.513. The zero-order valence-corrected chi connectivity index (χ0v) is 16.4. The topological polar surface area (TPSA) is 18.5 Å². The van der Waals surface area contributed by atoms with Gasteiger partial charge in [0.2, 0.25) is 5.79 Å². The zero-order valence-electron chi connectivity index (χ0n) is 16.4. The molecule has 5 rings (SSSR count). The van der Waals surface area contributed by atoms with Crippen LogP contribution >= 0.6 is 0 Å². The van der Waals surface area contributed by atoms with Crippen LogP contribution in [0.15, 0.2) is 24.3 Å². The minimum absolute atomic E-state index is 0.200. The summed E-state index contributed by atoms with van der Waals surface area (Å²) in [5.41, 5.74) is 1.59. The molecule has 4 aliphatic carbocycles. The SMILES string of the molecule is CCC(C)c1ccc(OC(C)(OC)C23CC4CC(CC(C4)C2)C3)cc1. The standard InChI is InChI=1S/C23H34O2/c1-5-16(2)20-6-8-21(9-7-20)25-22(3,24-4)23-13-17-10-18(14-23)12-19(11-17)15-23/h6-9,16-19H,5,10-15H2,1-4H3. The van der Waals surface area contributed by atoms with Crippen molar-refractivity contribution in [1.29, 1.82) is 0 Å². The van der Waals surface area contributed by atoms with Gasteiger partial charge in [0.1, 0.15) is 5.75 Å². The summed E-state index contributed by atoms with van der Waals surface area (Å²) in [6.45, 7) is 6.72. The van der Waals surface area contributed by atoms with Crippen LogP contribution in [0.3, 0.4) is 0 Å².